The Morgan fingerprint density at radius 3 is 1.91 bits per heavy atom. The number of rotatable bonds is 16. The zero-order valence-corrected chi connectivity index (χ0v) is 19.1. The van der Waals surface area contributed by atoms with Crippen LogP contribution in [0.3, 0.4) is 0 Å². The van der Waals surface area contributed by atoms with Gasteiger partial charge in [-0.1, -0.05) is 20.3 Å². The molecule has 12 heteroatoms. The molecule has 0 aromatic carbocycles. The second kappa shape index (κ2) is 15.1. The first-order chi connectivity index (χ1) is 14.9. The molecule has 10 N–H and O–H groups in total. The van der Waals surface area contributed by atoms with Crippen molar-refractivity contribution in [1.29, 1.82) is 0 Å². The fraction of sp³-hybridized carbons (Fsp3) is 0.750. The third kappa shape index (κ3) is 12.2. The number of hydrogen-bond donors (Lipinski definition) is 7. The fourth-order valence-corrected chi connectivity index (χ4v) is 2.82. The van der Waals surface area contributed by atoms with Gasteiger partial charge in [-0.2, -0.15) is 0 Å². The van der Waals surface area contributed by atoms with Gasteiger partial charge in [-0.3, -0.25) is 24.0 Å². The largest absolute Gasteiger partial charge is 0.480 e. The van der Waals surface area contributed by atoms with E-state index in [1.165, 1.54) is 6.92 Å². The molecule has 4 unspecified atom stereocenters. The van der Waals surface area contributed by atoms with Gasteiger partial charge in [0.15, 0.2) is 0 Å². The lowest BCUT2D eigenvalue weighted by molar-refractivity contribution is -0.142. The van der Waals surface area contributed by atoms with Crippen LogP contribution in [0.25, 0.3) is 0 Å². The van der Waals surface area contributed by atoms with Crippen molar-refractivity contribution in [3.63, 3.8) is 0 Å². The van der Waals surface area contributed by atoms with E-state index >= 15 is 0 Å². The van der Waals surface area contributed by atoms with Crippen LogP contribution in [0.15, 0.2) is 0 Å². The predicted octanol–water partition coefficient (Wildman–Crippen LogP) is -1.69. The molecule has 0 heterocycles. The lowest BCUT2D eigenvalue weighted by Crippen LogP contribution is -2.57. The molecule has 32 heavy (non-hydrogen) atoms. The number of carbonyl (C=O) groups is 5. The van der Waals surface area contributed by atoms with Gasteiger partial charge in [-0.15, -0.1) is 0 Å². The van der Waals surface area contributed by atoms with Crippen LogP contribution in [0.1, 0.15) is 59.3 Å². The van der Waals surface area contributed by atoms with E-state index in [-0.39, 0.29) is 25.2 Å². The average Bonchev–Trinajstić information content (AvgIpc) is 2.69. The molecule has 0 aliphatic rings. The maximum absolute atomic E-state index is 12.9. The zero-order valence-electron chi connectivity index (χ0n) is 19.1. The average molecular weight is 459 g/mol. The highest BCUT2D eigenvalue weighted by atomic mass is 16.4. The second-order valence-corrected chi connectivity index (χ2v) is 8.22. The Labute approximate surface area is 188 Å². The Balaban J connectivity index is 5.33. The second-order valence-electron chi connectivity index (χ2n) is 8.22. The molecule has 4 amide bonds. The number of hydrogen-bond acceptors (Lipinski definition) is 7. The highest BCUT2D eigenvalue weighted by molar-refractivity contribution is 5.94. The molecule has 4 atom stereocenters. The molecule has 0 aromatic heterocycles. The SMILES string of the molecule is CC(C)CC(NC(=O)C(CCC(N)=O)NC(=O)C(N)CCCCN)C(=O)NC(C)C(=O)O. The predicted molar refractivity (Wildman–Crippen MR) is 118 cm³/mol. The van der Waals surface area contributed by atoms with Crippen molar-refractivity contribution >= 4 is 29.6 Å². The van der Waals surface area contributed by atoms with Crippen LogP contribution in [0, 0.1) is 5.92 Å². The van der Waals surface area contributed by atoms with E-state index in [4.69, 9.17) is 22.3 Å². The van der Waals surface area contributed by atoms with Gasteiger partial charge in [0.05, 0.1) is 6.04 Å². The summed E-state index contributed by atoms with van der Waals surface area (Å²) in [5.41, 5.74) is 16.5. The summed E-state index contributed by atoms with van der Waals surface area (Å²) in [7, 11) is 0. The quantitative estimate of drug-likeness (QED) is 0.132. The van der Waals surface area contributed by atoms with Gasteiger partial charge in [0.1, 0.15) is 18.1 Å². The summed E-state index contributed by atoms with van der Waals surface area (Å²) in [4.78, 5) is 60.0. The maximum atomic E-state index is 12.9. The number of carboxylic acids is 1. The third-order valence-electron chi connectivity index (χ3n) is 4.69. The minimum absolute atomic E-state index is 0.000752. The Hall–Kier alpha value is -2.73. The van der Waals surface area contributed by atoms with E-state index in [1.807, 2.05) is 13.8 Å². The van der Waals surface area contributed by atoms with Crippen molar-refractivity contribution in [1.82, 2.24) is 16.0 Å². The highest BCUT2D eigenvalue weighted by Crippen LogP contribution is 2.08. The first kappa shape index (κ1) is 29.3. The minimum atomic E-state index is -1.22. The van der Waals surface area contributed by atoms with Crippen molar-refractivity contribution in [2.24, 2.45) is 23.1 Å². The molecule has 0 bridgehead atoms. The number of carboxylic acid groups (broad SMARTS) is 1. The molecule has 0 aliphatic heterocycles. The standard InChI is InChI=1S/C20H38N6O6/c1-11(2)10-15(19(30)24-12(3)20(31)32)26-18(29)14(7-8-16(23)27)25-17(28)13(22)6-4-5-9-21/h11-15H,4-10,21-22H2,1-3H3,(H2,23,27)(H,24,30)(H,25,28)(H,26,29)(H,31,32). The molecule has 12 nitrogen and oxygen atoms in total. The maximum Gasteiger partial charge on any atom is 0.325 e. The van der Waals surface area contributed by atoms with Crippen molar-refractivity contribution in [2.75, 3.05) is 6.54 Å². The lowest BCUT2D eigenvalue weighted by atomic mass is 10.0. The highest BCUT2D eigenvalue weighted by Gasteiger charge is 2.29. The Morgan fingerprint density at radius 2 is 1.41 bits per heavy atom. The molecular formula is C20H38N6O6. The summed E-state index contributed by atoms with van der Waals surface area (Å²) < 4.78 is 0. The van der Waals surface area contributed by atoms with Gasteiger partial charge < -0.3 is 38.3 Å². The summed E-state index contributed by atoms with van der Waals surface area (Å²) >= 11 is 0. The van der Waals surface area contributed by atoms with Gasteiger partial charge in [0, 0.05) is 6.42 Å². The van der Waals surface area contributed by atoms with Gasteiger partial charge in [0.25, 0.3) is 0 Å². The summed E-state index contributed by atoms with van der Waals surface area (Å²) in [6.45, 7) is 5.44. The lowest BCUT2D eigenvalue weighted by Gasteiger charge is -2.25. The summed E-state index contributed by atoms with van der Waals surface area (Å²) in [5.74, 6) is -3.81. The molecule has 184 valence electrons. The first-order valence-electron chi connectivity index (χ1n) is 10.8. The van der Waals surface area contributed by atoms with E-state index in [9.17, 15) is 24.0 Å². The number of primary amides is 1. The number of nitrogens with one attached hydrogen (secondary N) is 3. The Morgan fingerprint density at radius 1 is 0.844 bits per heavy atom. The topological polar surface area (TPSA) is 220 Å². The van der Waals surface area contributed by atoms with Crippen LogP contribution in [0.4, 0.5) is 0 Å². The van der Waals surface area contributed by atoms with Crippen molar-refractivity contribution in [2.45, 2.75) is 83.5 Å². The molecule has 0 saturated heterocycles. The van der Waals surface area contributed by atoms with Gasteiger partial charge in [0.2, 0.25) is 23.6 Å². The number of unbranched alkanes of at least 4 members (excludes halogenated alkanes) is 1. The molecule has 0 aromatic rings. The van der Waals surface area contributed by atoms with Crippen molar-refractivity contribution in [3.05, 3.63) is 0 Å². The molecule has 0 fully saturated rings. The molecule has 0 saturated carbocycles. The number of nitrogens with two attached hydrogens (primary N) is 3. The van der Waals surface area contributed by atoms with Crippen molar-refractivity contribution in [3.8, 4) is 0 Å². The van der Waals surface area contributed by atoms with Crippen LogP contribution < -0.4 is 33.2 Å². The van der Waals surface area contributed by atoms with Crippen LogP contribution >= 0.6 is 0 Å². The zero-order chi connectivity index (χ0) is 24.8. The molecule has 0 aliphatic carbocycles. The third-order valence-corrected chi connectivity index (χ3v) is 4.69. The molecule has 0 radical (unpaired) electrons. The van der Waals surface area contributed by atoms with Crippen LogP contribution in [-0.2, 0) is 24.0 Å². The molecular weight excluding hydrogens is 420 g/mol. The summed E-state index contributed by atoms with van der Waals surface area (Å²) in [6, 6.07) is -4.19. The van der Waals surface area contributed by atoms with E-state index < -0.39 is 53.8 Å². The van der Waals surface area contributed by atoms with Gasteiger partial charge >= 0.3 is 5.97 Å². The normalized spacial score (nSPS) is 14.7. The van der Waals surface area contributed by atoms with E-state index in [1.54, 1.807) is 0 Å². The number of aliphatic carboxylic acids is 1. The summed E-state index contributed by atoms with van der Waals surface area (Å²) in [5, 5.41) is 16.4. The molecule has 0 rings (SSSR count). The fourth-order valence-electron chi connectivity index (χ4n) is 2.82. The number of amides is 4. The van der Waals surface area contributed by atoms with Gasteiger partial charge in [-0.25, -0.2) is 0 Å². The van der Waals surface area contributed by atoms with Crippen LogP contribution in [0.2, 0.25) is 0 Å². The minimum Gasteiger partial charge on any atom is -0.480 e. The van der Waals surface area contributed by atoms with E-state index in [2.05, 4.69) is 16.0 Å². The molecule has 0 spiro atoms. The van der Waals surface area contributed by atoms with Gasteiger partial charge in [-0.05, 0) is 45.1 Å². The smallest absolute Gasteiger partial charge is 0.325 e. The monoisotopic (exact) mass is 458 g/mol. The van der Waals surface area contributed by atoms with E-state index in [0.29, 0.717) is 25.8 Å². The summed E-state index contributed by atoms with van der Waals surface area (Å²) in [6.07, 6.45) is 1.70. The van der Waals surface area contributed by atoms with E-state index in [0.717, 1.165) is 0 Å². The Bertz CT molecular complexity index is 656. The van der Waals surface area contributed by atoms with Crippen LogP contribution in [0.5, 0.6) is 0 Å². The first-order valence-corrected chi connectivity index (χ1v) is 10.8. The number of carbonyl (C=O) groups excluding carboxylic acids is 4. The van der Waals surface area contributed by atoms with Crippen molar-refractivity contribution < 1.29 is 29.1 Å². The Kier molecular flexibility index (Phi) is 13.8. The van der Waals surface area contributed by atoms with Crippen LogP contribution in [-0.4, -0.2) is 65.4 Å².